The van der Waals surface area contributed by atoms with Crippen molar-refractivity contribution in [2.24, 2.45) is 0 Å². The summed E-state index contributed by atoms with van der Waals surface area (Å²) in [5.41, 5.74) is 0. The van der Waals surface area contributed by atoms with Crippen LogP contribution < -0.4 is 0 Å². The lowest BCUT2D eigenvalue weighted by Crippen LogP contribution is -2.47. The van der Waals surface area contributed by atoms with Crippen LogP contribution in [-0.2, 0) is 4.79 Å². The Labute approximate surface area is 84.6 Å². The van der Waals surface area contributed by atoms with Crippen LogP contribution in [0.4, 0.5) is 0 Å². The zero-order valence-corrected chi connectivity index (χ0v) is 9.05. The Kier molecular flexibility index (Phi) is 4.00. The number of rotatable bonds is 2. The maximum absolute atomic E-state index is 11.3. The molecule has 0 saturated carbocycles. The zero-order chi connectivity index (χ0) is 9.84. The predicted octanol–water partition coefficient (Wildman–Crippen LogP) is 0.778. The van der Waals surface area contributed by atoms with Gasteiger partial charge in [-0.3, -0.25) is 4.79 Å². The first-order valence-electron chi connectivity index (χ1n) is 4.65. The van der Waals surface area contributed by atoms with Crippen molar-refractivity contribution in [3.63, 3.8) is 0 Å². The molecule has 0 radical (unpaired) electrons. The second kappa shape index (κ2) is 4.82. The Morgan fingerprint density at radius 2 is 2.38 bits per heavy atom. The summed E-state index contributed by atoms with van der Waals surface area (Å²) in [6.45, 7) is 2.11. The predicted molar refractivity (Wildman–Crippen MR) is 54.0 cm³/mol. The van der Waals surface area contributed by atoms with Crippen LogP contribution in [0.15, 0.2) is 0 Å². The molecule has 0 spiro atoms. The van der Waals surface area contributed by atoms with Gasteiger partial charge in [0.05, 0.1) is 0 Å². The molecule has 13 heavy (non-hydrogen) atoms. The van der Waals surface area contributed by atoms with E-state index < -0.39 is 0 Å². The Hall–Kier alpha value is -0.280. The fraction of sp³-hybridized carbons (Fsp3) is 0.889. The number of carbonyl (C=O) groups excluding carboxylic acids is 1. The van der Waals surface area contributed by atoms with Crippen molar-refractivity contribution in [1.82, 2.24) is 9.80 Å². The standard InChI is InChI=1S/C9H17ClN2O/c1-11-5-3-4-8(7-11)12(2)9(13)6-10/h8H,3-7H2,1-2H3/t8-/m1/s1. The SMILES string of the molecule is CN1CCC[C@@H](N(C)C(=O)CCl)C1. The smallest absolute Gasteiger partial charge is 0.237 e. The van der Waals surface area contributed by atoms with Crippen LogP contribution >= 0.6 is 11.6 Å². The molecule has 1 saturated heterocycles. The van der Waals surface area contributed by atoms with Gasteiger partial charge in [0.25, 0.3) is 0 Å². The number of amides is 1. The first kappa shape index (κ1) is 10.8. The Bertz CT molecular complexity index is 186. The summed E-state index contributed by atoms with van der Waals surface area (Å²) in [5, 5.41) is 0. The van der Waals surface area contributed by atoms with E-state index in [-0.39, 0.29) is 11.8 Å². The minimum absolute atomic E-state index is 0.0296. The van der Waals surface area contributed by atoms with Gasteiger partial charge >= 0.3 is 0 Å². The second-order valence-electron chi connectivity index (χ2n) is 3.70. The molecule has 0 aromatic rings. The van der Waals surface area contributed by atoms with Gasteiger partial charge in [-0.25, -0.2) is 0 Å². The average Bonchev–Trinajstić information content (AvgIpc) is 2.15. The van der Waals surface area contributed by atoms with Crippen molar-refractivity contribution in [2.75, 3.05) is 33.1 Å². The van der Waals surface area contributed by atoms with E-state index in [1.165, 1.54) is 6.42 Å². The molecule has 76 valence electrons. The van der Waals surface area contributed by atoms with E-state index in [4.69, 9.17) is 11.6 Å². The molecule has 3 nitrogen and oxygen atoms in total. The van der Waals surface area contributed by atoms with Crippen LogP contribution in [0.3, 0.4) is 0 Å². The van der Waals surface area contributed by atoms with Gasteiger partial charge < -0.3 is 9.80 Å². The molecule has 1 aliphatic heterocycles. The highest BCUT2D eigenvalue weighted by molar-refractivity contribution is 6.27. The van der Waals surface area contributed by atoms with Crippen molar-refractivity contribution in [1.29, 1.82) is 0 Å². The van der Waals surface area contributed by atoms with Crippen molar-refractivity contribution < 1.29 is 4.79 Å². The zero-order valence-electron chi connectivity index (χ0n) is 8.29. The van der Waals surface area contributed by atoms with Crippen LogP contribution in [0, 0.1) is 0 Å². The Morgan fingerprint density at radius 1 is 1.69 bits per heavy atom. The molecule has 1 amide bonds. The molecular weight excluding hydrogens is 188 g/mol. The third-order valence-electron chi connectivity index (χ3n) is 2.66. The van der Waals surface area contributed by atoms with Crippen molar-refractivity contribution in [2.45, 2.75) is 18.9 Å². The number of carbonyl (C=O) groups is 1. The molecule has 1 heterocycles. The van der Waals surface area contributed by atoms with Gasteiger partial charge in [-0.1, -0.05) is 0 Å². The third-order valence-corrected chi connectivity index (χ3v) is 2.88. The molecule has 0 aliphatic carbocycles. The molecule has 4 heteroatoms. The van der Waals surface area contributed by atoms with Gasteiger partial charge in [0.2, 0.25) is 5.91 Å². The summed E-state index contributed by atoms with van der Waals surface area (Å²) in [6, 6.07) is 0.352. The van der Waals surface area contributed by atoms with Crippen LogP contribution in [0.2, 0.25) is 0 Å². The van der Waals surface area contributed by atoms with Gasteiger partial charge in [-0.05, 0) is 26.4 Å². The summed E-state index contributed by atoms with van der Waals surface area (Å²) in [7, 11) is 3.93. The van der Waals surface area contributed by atoms with E-state index in [2.05, 4.69) is 11.9 Å². The molecular formula is C9H17ClN2O. The highest BCUT2D eigenvalue weighted by Crippen LogP contribution is 2.13. The molecule has 0 N–H and O–H groups in total. The summed E-state index contributed by atoms with van der Waals surface area (Å²) >= 11 is 5.50. The van der Waals surface area contributed by atoms with Gasteiger partial charge in [-0.15, -0.1) is 11.6 Å². The first-order chi connectivity index (χ1) is 6.15. The summed E-state index contributed by atoms with van der Waals surface area (Å²) in [6.07, 6.45) is 2.27. The Morgan fingerprint density at radius 3 is 2.92 bits per heavy atom. The number of piperidine rings is 1. The van der Waals surface area contributed by atoms with Crippen LogP contribution in [-0.4, -0.2) is 54.8 Å². The highest BCUT2D eigenvalue weighted by Gasteiger charge is 2.23. The lowest BCUT2D eigenvalue weighted by atomic mass is 10.1. The van der Waals surface area contributed by atoms with E-state index >= 15 is 0 Å². The van der Waals surface area contributed by atoms with Crippen molar-refractivity contribution in [3.8, 4) is 0 Å². The van der Waals surface area contributed by atoms with E-state index in [9.17, 15) is 4.79 Å². The highest BCUT2D eigenvalue weighted by atomic mass is 35.5. The van der Waals surface area contributed by atoms with Gasteiger partial charge in [0.1, 0.15) is 5.88 Å². The molecule has 0 bridgehead atoms. The summed E-state index contributed by atoms with van der Waals surface area (Å²) < 4.78 is 0. The number of likely N-dealkylation sites (tertiary alicyclic amines) is 1. The number of likely N-dealkylation sites (N-methyl/N-ethyl adjacent to an activating group) is 2. The van der Waals surface area contributed by atoms with E-state index in [1.807, 2.05) is 7.05 Å². The summed E-state index contributed by atoms with van der Waals surface area (Å²) in [5.74, 6) is 0.124. The molecule has 1 fully saturated rings. The normalized spacial score (nSPS) is 24.4. The van der Waals surface area contributed by atoms with Crippen LogP contribution in [0.5, 0.6) is 0 Å². The largest absolute Gasteiger partial charge is 0.340 e. The Balaban J connectivity index is 2.45. The van der Waals surface area contributed by atoms with Crippen molar-refractivity contribution >= 4 is 17.5 Å². The number of hydrogen-bond acceptors (Lipinski definition) is 2. The van der Waals surface area contributed by atoms with E-state index in [0.717, 1.165) is 19.5 Å². The number of halogens is 1. The van der Waals surface area contributed by atoms with Gasteiger partial charge in [0, 0.05) is 19.6 Å². The molecule has 0 aromatic carbocycles. The molecule has 1 rings (SSSR count). The van der Waals surface area contributed by atoms with E-state index in [1.54, 1.807) is 4.90 Å². The monoisotopic (exact) mass is 204 g/mol. The summed E-state index contributed by atoms with van der Waals surface area (Å²) in [4.78, 5) is 15.3. The third kappa shape index (κ3) is 2.85. The molecule has 1 aliphatic rings. The van der Waals surface area contributed by atoms with E-state index in [0.29, 0.717) is 6.04 Å². The van der Waals surface area contributed by atoms with Crippen LogP contribution in [0.25, 0.3) is 0 Å². The lowest BCUT2D eigenvalue weighted by molar-refractivity contribution is -0.130. The maximum Gasteiger partial charge on any atom is 0.237 e. The topological polar surface area (TPSA) is 23.6 Å². The minimum Gasteiger partial charge on any atom is -0.340 e. The number of hydrogen-bond donors (Lipinski definition) is 0. The molecule has 1 atom stereocenters. The first-order valence-corrected chi connectivity index (χ1v) is 5.18. The quantitative estimate of drug-likeness (QED) is 0.621. The maximum atomic E-state index is 11.3. The number of nitrogens with zero attached hydrogens (tertiary/aromatic N) is 2. The fourth-order valence-corrected chi connectivity index (χ4v) is 1.94. The van der Waals surface area contributed by atoms with Crippen molar-refractivity contribution in [3.05, 3.63) is 0 Å². The van der Waals surface area contributed by atoms with Crippen LogP contribution in [0.1, 0.15) is 12.8 Å². The lowest BCUT2D eigenvalue weighted by Gasteiger charge is -2.35. The second-order valence-corrected chi connectivity index (χ2v) is 3.96. The molecule has 0 unspecified atom stereocenters. The van der Waals surface area contributed by atoms with Gasteiger partial charge in [-0.2, -0.15) is 0 Å². The van der Waals surface area contributed by atoms with Gasteiger partial charge in [0.15, 0.2) is 0 Å². The number of alkyl halides is 1. The minimum atomic E-state index is 0.0296. The average molecular weight is 205 g/mol. The molecule has 0 aromatic heterocycles. The fourth-order valence-electron chi connectivity index (χ4n) is 1.75.